The molecule has 1 atom stereocenters. The highest BCUT2D eigenvalue weighted by Crippen LogP contribution is 2.57. The van der Waals surface area contributed by atoms with E-state index in [2.05, 4.69) is 203 Å². The van der Waals surface area contributed by atoms with Gasteiger partial charge in [0.25, 0.3) is 0 Å². The molecule has 0 radical (unpaired) electrons. The average molecular weight is 665 g/mol. The van der Waals surface area contributed by atoms with Gasteiger partial charge in [-0.15, -0.1) is 0 Å². The fraction of sp³-hybridized carbons (Fsp3) is 0. The van der Waals surface area contributed by atoms with Gasteiger partial charge in [-0.3, -0.25) is 0 Å². The summed E-state index contributed by atoms with van der Waals surface area (Å²) in [6.07, 6.45) is 0. The van der Waals surface area contributed by atoms with Crippen molar-refractivity contribution < 1.29 is 0 Å². The quantitative estimate of drug-likeness (QED) is 0.170. The van der Waals surface area contributed by atoms with Crippen molar-refractivity contribution in [3.05, 3.63) is 194 Å². The number of hydrogen-bond donors (Lipinski definition) is 0. The van der Waals surface area contributed by atoms with E-state index in [0.29, 0.717) is 0 Å². The second kappa shape index (κ2) is 10.8. The van der Waals surface area contributed by atoms with E-state index in [4.69, 9.17) is 0 Å². The fourth-order valence-corrected chi connectivity index (χ4v) is 14.6. The molecule has 51 heavy (non-hydrogen) atoms. The summed E-state index contributed by atoms with van der Waals surface area (Å²) in [6, 6.07) is 72.5. The molecule has 3 heteroatoms. The van der Waals surface area contributed by atoms with Crippen molar-refractivity contribution in [2.24, 2.45) is 0 Å². The highest BCUT2D eigenvalue weighted by Gasteiger charge is 2.60. The molecule has 0 fully saturated rings. The van der Waals surface area contributed by atoms with Gasteiger partial charge in [-0.2, -0.15) is 0 Å². The van der Waals surface area contributed by atoms with Crippen molar-refractivity contribution in [3.63, 3.8) is 0 Å². The van der Waals surface area contributed by atoms with E-state index in [9.17, 15) is 0 Å². The lowest BCUT2D eigenvalue weighted by Crippen LogP contribution is -2.80. The molecule has 2 nitrogen and oxygen atoms in total. The zero-order chi connectivity index (χ0) is 33.5. The summed E-state index contributed by atoms with van der Waals surface area (Å²) in [6.45, 7) is 0. The minimum atomic E-state index is -3.17. The van der Waals surface area contributed by atoms with E-state index in [1.165, 1.54) is 88.8 Å². The molecule has 8 aromatic carbocycles. The van der Waals surface area contributed by atoms with Crippen LogP contribution in [0.5, 0.6) is 0 Å². The molecule has 0 amide bonds. The minimum Gasteiger partial charge on any atom is -0.342 e. The van der Waals surface area contributed by atoms with E-state index < -0.39 is 8.40 Å². The summed E-state index contributed by atoms with van der Waals surface area (Å²) >= 11 is 0. The molecule has 0 N–H and O–H groups in total. The molecule has 0 saturated heterocycles. The highest BCUT2D eigenvalue weighted by molar-refractivity contribution is 7.11. The molecule has 8 aromatic rings. The monoisotopic (exact) mass is 664 g/mol. The summed E-state index contributed by atoms with van der Waals surface area (Å²) in [4.78, 5) is 0. The summed E-state index contributed by atoms with van der Waals surface area (Å²) < 4.78 is 5.60. The first-order chi connectivity index (χ1) is 25.3. The van der Waals surface area contributed by atoms with Crippen LogP contribution in [0, 0.1) is 0 Å². The van der Waals surface area contributed by atoms with Gasteiger partial charge in [0, 0.05) is 45.0 Å². The van der Waals surface area contributed by atoms with E-state index in [0.717, 1.165) is 0 Å². The van der Waals surface area contributed by atoms with Gasteiger partial charge in [-0.1, -0.05) is 164 Å². The molecule has 3 aliphatic heterocycles. The lowest BCUT2D eigenvalue weighted by Gasteiger charge is -2.56. The predicted molar refractivity (Wildman–Crippen MR) is 216 cm³/mol. The zero-order valence-electron chi connectivity index (χ0n) is 27.9. The maximum atomic E-state index is 2.82. The van der Waals surface area contributed by atoms with Crippen LogP contribution in [-0.2, 0) is 0 Å². The maximum absolute atomic E-state index is 3.17. The van der Waals surface area contributed by atoms with Gasteiger partial charge in [-0.05, 0) is 74.1 Å². The predicted octanol–water partition coefficient (Wildman–Crippen LogP) is 11.2. The van der Waals surface area contributed by atoms with Crippen LogP contribution >= 0.6 is 0 Å². The Kier molecular flexibility index (Phi) is 6.01. The summed E-state index contributed by atoms with van der Waals surface area (Å²) in [5.41, 5.74) is 17.6. The topological polar surface area (TPSA) is 6.48 Å². The maximum Gasteiger partial charge on any atom is 0.341 e. The summed E-state index contributed by atoms with van der Waals surface area (Å²) in [7, 11) is -3.17. The fourth-order valence-electron chi connectivity index (χ4n) is 9.12. The average Bonchev–Trinajstić information content (AvgIpc) is 3.33. The van der Waals surface area contributed by atoms with E-state index in [1.54, 1.807) is 0 Å². The van der Waals surface area contributed by atoms with Gasteiger partial charge in [0.1, 0.15) is 0 Å². The molecule has 3 aliphatic rings. The number of fused-ring (bicyclic) bond motifs is 13. The van der Waals surface area contributed by atoms with Crippen LogP contribution < -0.4 is 19.5 Å². The van der Waals surface area contributed by atoms with Gasteiger partial charge in [0.15, 0.2) is 0 Å². The van der Waals surface area contributed by atoms with Gasteiger partial charge in [-0.25, -0.2) is 0 Å². The van der Waals surface area contributed by atoms with Gasteiger partial charge in [0.2, 0.25) is 0 Å². The van der Waals surface area contributed by atoms with Crippen molar-refractivity contribution in [1.82, 2.24) is 0 Å². The first kappa shape index (κ1) is 28.4. The van der Waals surface area contributed by atoms with E-state index in [-0.39, 0.29) is 0 Å². The van der Waals surface area contributed by atoms with E-state index >= 15 is 0 Å². The van der Waals surface area contributed by atoms with Crippen molar-refractivity contribution >= 4 is 41.5 Å². The Morgan fingerprint density at radius 1 is 0.255 bits per heavy atom. The first-order valence-electron chi connectivity index (χ1n) is 17.7. The van der Waals surface area contributed by atoms with Gasteiger partial charge < -0.3 is 9.13 Å². The van der Waals surface area contributed by atoms with Gasteiger partial charge in [0.05, 0.1) is 0 Å². The van der Waals surface area contributed by atoms with Crippen LogP contribution in [0.1, 0.15) is 0 Å². The van der Waals surface area contributed by atoms with Crippen molar-refractivity contribution in [1.29, 1.82) is 0 Å². The Morgan fingerprint density at radius 3 is 1.12 bits per heavy atom. The Balaban J connectivity index is 1.37. The van der Waals surface area contributed by atoms with Crippen LogP contribution in [0.15, 0.2) is 194 Å². The lowest BCUT2D eigenvalue weighted by molar-refractivity contribution is 1.25. The molecular weight excluding hydrogens is 633 g/mol. The molecule has 11 rings (SSSR count). The van der Waals surface area contributed by atoms with E-state index in [1.807, 2.05) is 0 Å². The molecule has 0 bridgehead atoms. The molecule has 0 aliphatic carbocycles. The Morgan fingerprint density at radius 2 is 0.608 bits per heavy atom. The second-order valence-electron chi connectivity index (χ2n) is 13.6. The lowest BCUT2D eigenvalue weighted by atomic mass is 9.89. The van der Waals surface area contributed by atoms with Crippen LogP contribution in [0.3, 0.4) is 0 Å². The van der Waals surface area contributed by atoms with Crippen LogP contribution in [0.25, 0.3) is 55.6 Å². The third kappa shape index (κ3) is 3.81. The minimum absolute atomic E-state index is 1.21. The largest absolute Gasteiger partial charge is 0.342 e. The standard InChI is InChI=1S/C48H32N2Si/c1-3-17-33(18-4-1)40-31-42-39-25-11-16-30-48(39)51-47-29-15-10-24-38(47)37-23-9-14-28-45(37)49(51)43-26-12-7-21-35(43)36-22-8-13-27-44(36)50(51)46(42)32-41(40)34-19-5-2-6-20-34/h1-32H. The number of anilines is 4. The molecule has 238 valence electrons. The third-order valence-electron chi connectivity index (χ3n) is 11.1. The molecule has 1 unspecified atom stereocenters. The number of hydrogen-bond acceptors (Lipinski definition) is 2. The van der Waals surface area contributed by atoms with Crippen LogP contribution in [0.2, 0.25) is 0 Å². The zero-order valence-corrected chi connectivity index (χ0v) is 28.9. The Labute approximate surface area is 299 Å². The molecule has 0 saturated carbocycles. The molecule has 3 heterocycles. The van der Waals surface area contributed by atoms with Crippen LogP contribution in [-0.4, -0.2) is 8.40 Å². The third-order valence-corrected chi connectivity index (χ3v) is 15.7. The molecule has 0 aromatic heterocycles. The first-order valence-corrected chi connectivity index (χ1v) is 19.6. The smallest absolute Gasteiger partial charge is 0.341 e. The number of rotatable bonds is 2. The number of benzene rings is 8. The Bertz CT molecular complexity index is 2660. The molecular formula is C48H32N2Si. The van der Waals surface area contributed by atoms with Gasteiger partial charge >= 0.3 is 8.40 Å². The normalized spacial score (nSPS) is 15.8. The Hall–Kier alpha value is -6.42. The number of para-hydroxylation sites is 3. The van der Waals surface area contributed by atoms with Crippen molar-refractivity contribution in [3.8, 4) is 55.6 Å². The molecule has 1 spiro atoms. The number of nitrogens with zero attached hydrogens (tertiary/aromatic N) is 2. The highest BCUT2D eigenvalue weighted by atomic mass is 28.3. The van der Waals surface area contributed by atoms with Crippen molar-refractivity contribution in [2.75, 3.05) is 9.13 Å². The van der Waals surface area contributed by atoms with Crippen LogP contribution in [0.4, 0.5) is 22.7 Å². The SMILES string of the molecule is c1ccc(-c2cc3c(cc2-c2ccccc2)N2c4ccccc4-c4ccccc4N4c5ccccc5-c5ccccc5[Si]42c2ccccc2-3)cc1. The van der Waals surface area contributed by atoms with Crippen molar-refractivity contribution in [2.45, 2.75) is 0 Å². The summed E-state index contributed by atoms with van der Waals surface area (Å²) in [5.74, 6) is 0. The second-order valence-corrected chi connectivity index (χ2v) is 16.9. The summed E-state index contributed by atoms with van der Waals surface area (Å²) in [5, 5.41) is 2.80.